The van der Waals surface area contributed by atoms with Crippen molar-refractivity contribution in [2.45, 2.75) is 27.2 Å². The largest absolute Gasteiger partial charge is 0.399 e. The van der Waals surface area contributed by atoms with Crippen LogP contribution < -0.4 is 10.6 Å². The summed E-state index contributed by atoms with van der Waals surface area (Å²) in [5, 5.41) is 0. The molecule has 0 atom stereocenters. The number of nitrogen functional groups attached to an aromatic ring is 1. The summed E-state index contributed by atoms with van der Waals surface area (Å²) in [4.78, 5) is 31.9. The molecule has 6 heteroatoms. The Balaban J connectivity index is 1.79. The van der Waals surface area contributed by atoms with Crippen molar-refractivity contribution >= 4 is 23.2 Å². The molecule has 30 heavy (non-hydrogen) atoms. The zero-order chi connectivity index (χ0) is 21.7. The van der Waals surface area contributed by atoms with Gasteiger partial charge in [-0.3, -0.25) is 9.59 Å². The fourth-order valence-electron chi connectivity index (χ4n) is 3.92. The van der Waals surface area contributed by atoms with Gasteiger partial charge in [-0.2, -0.15) is 0 Å². The topological polar surface area (TPSA) is 69.9 Å². The van der Waals surface area contributed by atoms with Gasteiger partial charge in [0, 0.05) is 56.2 Å². The van der Waals surface area contributed by atoms with E-state index < -0.39 is 0 Å². The van der Waals surface area contributed by atoms with Gasteiger partial charge in [-0.25, -0.2) is 0 Å². The molecule has 2 aromatic carbocycles. The van der Waals surface area contributed by atoms with E-state index in [4.69, 9.17) is 5.73 Å². The highest BCUT2D eigenvalue weighted by atomic mass is 16.2. The van der Waals surface area contributed by atoms with Crippen LogP contribution in [0.4, 0.5) is 11.4 Å². The fourth-order valence-corrected chi connectivity index (χ4v) is 3.92. The van der Waals surface area contributed by atoms with Gasteiger partial charge in [-0.15, -0.1) is 0 Å². The Labute approximate surface area is 179 Å². The number of carbonyl (C=O) groups excluding carboxylic acids is 2. The van der Waals surface area contributed by atoms with Crippen LogP contribution in [0.5, 0.6) is 0 Å². The number of nitrogens with two attached hydrogens (primary N) is 1. The number of anilines is 2. The first-order valence-corrected chi connectivity index (χ1v) is 10.7. The summed E-state index contributed by atoms with van der Waals surface area (Å²) in [5.41, 5.74) is 9.98. The molecule has 2 aromatic rings. The van der Waals surface area contributed by atoms with Gasteiger partial charge in [0.1, 0.15) is 0 Å². The van der Waals surface area contributed by atoms with Crippen molar-refractivity contribution in [3.63, 3.8) is 0 Å². The van der Waals surface area contributed by atoms with Gasteiger partial charge in [-0.05, 0) is 57.5 Å². The maximum Gasteiger partial charge on any atom is 0.256 e. The standard InChI is InChI=1S/C24H32N4O2/c1-4-26(5-2)24(30)21-17-20(25)11-12-22(21)27-13-6-14-28(16-15-27)23(29)19-9-7-18(3)8-10-19/h7-12,17H,4-6,13-16,25H2,1-3H3. The second-order valence-electron chi connectivity index (χ2n) is 7.75. The van der Waals surface area contributed by atoms with Gasteiger partial charge in [0.2, 0.25) is 0 Å². The first-order valence-electron chi connectivity index (χ1n) is 10.7. The summed E-state index contributed by atoms with van der Waals surface area (Å²) < 4.78 is 0. The second kappa shape index (κ2) is 9.65. The third kappa shape index (κ3) is 4.75. The summed E-state index contributed by atoms with van der Waals surface area (Å²) in [6, 6.07) is 13.3. The van der Waals surface area contributed by atoms with Crippen molar-refractivity contribution in [2.24, 2.45) is 0 Å². The maximum atomic E-state index is 13.1. The minimum absolute atomic E-state index is 0.000801. The zero-order valence-corrected chi connectivity index (χ0v) is 18.2. The number of amides is 2. The van der Waals surface area contributed by atoms with Crippen LogP contribution in [-0.2, 0) is 0 Å². The van der Waals surface area contributed by atoms with Gasteiger partial charge < -0.3 is 20.4 Å². The molecule has 0 bridgehead atoms. The van der Waals surface area contributed by atoms with Gasteiger partial charge in [-0.1, -0.05) is 17.7 Å². The number of rotatable bonds is 5. The lowest BCUT2D eigenvalue weighted by molar-refractivity contribution is 0.0760. The smallest absolute Gasteiger partial charge is 0.256 e. The number of aryl methyl sites for hydroxylation is 1. The van der Waals surface area contributed by atoms with E-state index in [0.29, 0.717) is 44.0 Å². The molecule has 1 fully saturated rings. The SMILES string of the molecule is CCN(CC)C(=O)c1cc(N)ccc1N1CCCN(C(=O)c2ccc(C)cc2)CC1. The quantitative estimate of drug-likeness (QED) is 0.770. The van der Waals surface area contributed by atoms with E-state index in [2.05, 4.69) is 4.90 Å². The highest BCUT2D eigenvalue weighted by molar-refractivity contribution is 6.01. The predicted octanol–water partition coefficient (Wildman–Crippen LogP) is 3.41. The number of nitrogens with zero attached hydrogens (tertiary/aromatic N) is 3. The van der Waals surface area contributed by atoms with E-state index in [-0.39, 0.29) is 11.8 Å². The summed E-state index contributed by atoms with van der Waals surface area (Å²) in [5.74, 6) is 0.0627. The van der Waals surface area contributed by atoms with Crippen LogP contribution in [-0.4, -0.2) is 60.9 Å². The van der Waals surface area contributed by atoms with Gasteiger partial charge in [0.15, 0.2) is 0 Å². The molecule has 0 aliphatic carbocycles. The molecule has 0 spiro atoms. The average Bonchev–Trinajstić information content (AvgIpc) is 3.01. The molecule has 1 heterocycles. The summed E-state index contributed by atoms with van der Waals surface area (Å²) >= 11 is 0. The van der Waals surface area contributed by atoms with Crippen LogP contribution in [0.2, 0.25) is 0 Å². The summed E-state index contributed by atoms with van der Waals surface area (Å²) in [7, 11) is 0. The molecule has 0 saturated carbocycles. The Hall–Kier alpha value is -3.02. The molecular weight excluding hydrogens is 376 g/mol. The number of benzene rings is 2. The van der Waals surface area contributed by atoms with E-state index in [1.54, 1.807) is 6.07 Å². The predicted molar refractivity (Wildman–Crippen MR) is 122 cm³/mol. The number of carbonyl (C=O) groups is 2. The second-order valence-corrected chi connectivity index (χ2v) is 7.75. The molecule has 3 rings (SSSR count). The van der Waals surface area contributed by atoms with Gasteiger partial charge in [0.25, 0.3) is 11.8 Å². The zero-order valence-electron chi connectivity index (χ0n) is 18.2. The Morgan fingerprint density at radius 1 is 0.967 bits per heavy atom. The lowest BCUT2D eigenvalue weighted by Gasteiger charge is -2.28. The summed E-state index contributed by atoms with van der Waals surface area (Å²) in [6.45, 7) is 10.1. The van der Waals surface area contributed by atoms with E-state index in [1.165, 1.54) is 0 Å². The van der Waals surface area contributed by atoms with Crippen molar-refractivity contribution in [3.8, 4) is 0 Å². The normalized spacial score (nSPS) is 14.4. The molecule has 1 aliphatic rings. The molecule has 0 unspecified atom stereocenters. The monoisotopic (exact) mass is 408 g/mol. The van der Waals surface area contributed by atoms with Crippen molar-refractivity contribution in [2.75, 3.05) is 49.9 Å². The number of hydrogen-bond acceptors (Lipinski definition) is 4. The molecule has 1 aliphatic heterocycles. The van der Waals surface area contributed by atoms with Crippen molar-refractivity contribution in [3.05, 3.63) is 59.2 Å². The van der Waals surface area contributed by atoms with Crippen LogP contribution in [0, 0.1) is 6.92 Å². The van der Waals surface area contributed by atoms with Crippen LogP contribution in [0.1, 0.15) is 46.5 Å². The average molecular weight is 409 g/mol. The molecule has 0 radical (unpaired) electrons. The molecule has 1 saturated heterocycles. The van der Waals surface area contributed by atoms with Crippen molar-refractivity contribution < 1.29 is 9.59 Å². The Morgan fingerprint density at radius 2 is 1.67 bits per heavy atom. The third-order valence-corrected chi connectivity index (χ3v) is 5.72. The molecule has 160 valence electrons. The lowest BCUT2D eigenvalue weighted by atomic mass is 10.1. The molecule has 2 N–H and O–H groups in total. The minimum atomic E-state index is -0.000801. The first kappa shape index (κ1) is 21.7. The van der Waals surface area contributed by atoms with E-state index >= 15 is 0 Å². The Morgan fingerprint density at radius 3 is 2.33 bits per heavy atom. The van der Waals surface area contributed by atoms with Gasteiger partial charge in [0.05, 0.1) is 5.56 Å². The highest BCUT2D eigenvalue weighted by Crippen LogP contribution is 2.26. The van der Waals surface area contributed by atoms with Crippen molar-refractivity contribution in [1.29, 1.82) is 0 Å². The van der Waals surface area contributed by atoms with Crippen LogP contribution in [0.25, 0.3) is 0 Å². The molecular formula is C24H32N4O2. The maximum absolute atomic E-state index is 13.1. The van der Waals surface area contributed by atoms with Crippen LogP contribution in [0.15, 0.2) is 42.5 Å². The van der Waals surface area contributed by atoms with E-state index in [1.807, 2.05) is 67.0 Å². The lowest BCUT2D eigenvalue weighted by Crippen LogP contribution is -2.36. The molecule has 6 nitrogen and oxygen atoms in total. The van der Waals surface area contributed by atoms with Crippen molar-refractivity contribution in [1.82, 2.24) is 9.80 Å². The van der Waals surface area contributed by atoms with Gasteiger partial charge >= 0.3 is 0 Å². The Kier molecular flexibility index (Phi) is 6.98. The third-order valence-electron chi connectivity index (χ3n) is 5.72. The van der Waals surface area contributed by atoms with E-state index in [9.17, 15) is 9.59 Å². The summed E-state index contributed by atoms with van der Waals surface area (Å²) in [6.07, 6.45) is 0.848. The molecule has 2 amide bonds. The fraction of sp³-hybridized carbons (Fsp3) is 0.417. The first-order chi connectivity index (χ1) is 14.4. The highest BCUT2D eigenvalue weighted by Gasteiger charge is 2.24. The Bertz CT molecular complexity index is 891. The molecule has 0 aromatic heterocycles. The van der Waals surface area contributed by atoms with Crippen LogP contribution >= 0.6 is 0 Å². The minimum Gasteiger partial charge on any atom is -0.399 e. The number of hydrogen-bond donors (Lipinski definition) is 1. The van der Waals surface area contributed by atoms with Crippen LogP contribution in [0.3, 0.4) is 0 Å². The van der Waals surface area contributed by atoms with E-state index in [0.717, 1.165) is 29.8 Å².